The molecule has 1 heterocycles. The Balaban J connectivity index is 0.00000562. The van der Waals surface area contributed by atoms with E-state index in [4.69, 9.17) is 9.47 Å². The van der Waals surface area contributed by atoms with Crippen LogP contribution < -0.4 is 5.32 Å². The molecule has 0 aromatic carbocycles. The Kier molecular flexibility index (Phi) is 18.8. The molecule has 254 valence electrons. The van der Waals surface area contributed by atoms with Gasteiger partial charge in [-0.05, 0) is 50.1 Å². The zero-order chi connectivity index (χ0) is 33.7. The summed E-state index contributed by atoms with van der Waals surface area (Å²) in [6.45, 7) is 21.8. The average molecular weight is 613 g/mol. The molecule has 7 atom stereocenters. The van der Waals surface area contributed by atoms with Crippen LogP contribution in [0.3, 0.4) is 0 Å². The van der Waals surface area contributed by atoms with E-state index in [1.165, 1.54) is 6.42 Å². The lowest BCUT2D eigenvalue weighted by atomic mass is 9.76. The predicted octanol–water partition coefficient (Wildman–Crippen LogP) is 5.07. The number of nitrogens with one attached hydrogen (secondary N) is 1. The van der Waals surface area contributed by atoms with E-state index in [1.807, 2.05) is 37.7 Å². The van der Waals surface area contributed by atoms with Crippen LogP contribution in [0, 0.1) is 23.2 Å². The summed E-state index contributed by atoms with van der Waals surface area (Å²) in [5.74, 6) is 0.131. The maximum Gasteiger partial charge on any atom is 0.242 e. The minimum absolute atomic E-state index is 0.0199. The molecular weight excluding hydrogens is 544 g/mol. The van der Waals surface area contributed by atoms with Gasteiger partial charge in [0.2, 0.25) is 17.7 Å². The molecular formula is C34H68N4O5. The number of likely N-dealkylation sites (tertiary alicyclic amines) is 1. The number of nitrogens with zero attached hydrogens (tertiary/aromatic N) is 3. The number of hydrogen-bond donors (Lipinski definition) is 1. The van der Waals surface area contributed by atoms with Crippen LogP contribution in [0.2, 0.25) is 0 Å². The van der Waals surface area contributed by atoms with Gasteiger partial charge in [0.05, 0.1) is 43.3 Å². The van der Waals surface area contributed by atoms with Crippen LogP contribution in [-0.4, -0.2) is 111 Å². The summed E-state index contributed by atoms with van der Waals surface area (Å²) in [6, 6.07) is -0.615. The maximum absolute atomic E-state index is 13.8. The fourth-order valence-corrected chi connectivity index (χ4v) is 6.19. The monoisotopic (exact) mass is 613 g/mol. The largest absolute Gasteiger partial charge is 0.379 e. The van der Waals surface area contributed by atoms with E-state index in [1.54, 1.807) is 26.2 Å². The first-order valence-electron chi connectivity index (χ1n) is 16.5. The molecule has 3 amide bonds. The van der Waals surface area contributed by atoms with Crippen LogP contribution in [0.4, 0.5) is 0 Å². The molecule has 43 heavy (non-hydrogen) atoms. The molecule has 1 aliphatic rings. The third-order valence-corrected chi connectivity index (χ3v) is 9.13. The van der Waals surface area contributed by atoms with Gasteiger partial charge in [-0.15, -0.1) is 0 Å². The van der Waals surface area contributed by atoms with Crippen LogP contribution in [0.5, 0.6) is 0 Å². The van der Waals surface area contributed by atoms with Gasteiger partial charge in [0, 0.05) is 27.8 Å². The Bertz CT molecular complexity index is 820. The second kappa shape index (κ2) is 19.6. The smallest absolute Gasteiger partial charge is 0.242 e. The third-order valence-electron chi connectivity index (χ3n) is 9.13. The number of methoxy groups -OCH3 is 2. The Morgan fingerprint density at radius 1 is 0.977 bits per heavy atom. The van der Waals surface area contributed by atoms with Crippen molar-refractivity contribution in [1.29, 1.82) is 0 Å². The highest BCUT2D eigenvalue weighted by molar-refractivity contribution is 5.87. The van der Waals surface area contributed by atoms with Gasteiger partial charge >= 0.3 is 0 Å². The first-order valence-corrected chi connectivity index (χ1v) is 16.5. The molecule has 9 heteroatoms. The normalized spacial score (nSPS) is 19.7. The summed E-state index contributed by atoms with van der Waals surface area (Å²) in [5, 5.41) is 2.83. The molecule has 9 nitrogen and oxygen atoms in total. The Morgan fingerprint density at radius 2 is 1.53 bits per heavy atom. The van der Waals surface area contributed by atoms with Gasteiger partial charge in [-0.2, -0.15) is 0 Å². The van der Waals surface area contributed by atoms with E-state index < -0.39 is 6.10 Å². The Labute approximate surface area is 264 Å². The van der Waals surface area contributed by atoms with Crippen molar-refractivity contribution in [2.75, 3.05) is 48.5 Å². The molecule has 0 bridgehead atoms. The SMILES string of the molecule is CCC.CC[C@H](C)C([C@@H](CC(=O)N1CCC[C@H]1[C@H](OC)[C@@H](C)C(C)(C)C)OC)N(C)C(=O)CNC(=O)C(C(C)C)N(C)C. The molecule has 0 aliphatic carbocycles. The number of ether oxygens (including phenoxy) is 2. The minimum Gasteiger partial charge on any atom is -0.379 e. The summed E-state index contributed by atoms with van der Waals surface area (Å²) in [5.41, 5.74) is 0.0505. The number of carbonyl (C=O) groups is 3. The second-order valence-electron chi connectivity index (χ2n) is 14.1. The first kappa shape index (κ1) is 41.3. The van der Waals surface area contributed by atoms with E-state index in [0.717, 1.165) is 19.3 Å². The van der Waals surface area contributed by atoms with Gasteiger partial charge in [0.15, 0.2) is 0 Å². The first-order chi connectivity index (χ1) is 19.9. The molecule has 1 saturated heterocycles. The molecule has 0 spiro atoms. The maximum atomic E-state index is 13.8. The summed E-state index contributed by atoms with van der Waals surface area (Å²) in [6.07, 6.45) is 3.59. The number of likely N-dealkylation sites (N-methyl/N-ethyl adjacent to an activating group) is 2. The number of rotatable bonds is 15. The van der Waals surface area contributed by atoms with Gasteiger partial charge in [-0.1, -0.05) is 82.1 Å². The molecule has 0 saturated carbocycles. The van der Waals surface area contributed by atoms with Crippen LogP contribution in [0.1, 0.15) is 101 Å². The average Bonchev–Trinajstić information content (AvgIpc) is 3.40. The van der Waals surface area contributed by atoms with Crippen LogP contribution >= 0.6 is 0 Å². The van der Waals surface area contributed by atoms with Crippen molar-refractivity contribution in [2.24, 2.45) is 23.2 Å². The van der Waals surface area contributed by atoms with Crippen LogP contribution in [0.25, 0.3) is 0 Å². The molecule has 0 radical (unpaired) electrons. The number of amides is 3. The summed E-state index contributed by atoms with van der Waals surface area (Å²) < 4.78 is 11.9. The third kappa shape index (κ3) is 12.3. The topological polar surface area (TPSA) is 91.4 Å². The van der Waals surface area contributed by atoms with E-state index >= 15 is 0 Å². The minimum atomic E-state index is -0.473. The van der Waals surface area contributed by atoms with E-state index in [2.05, 4.69) is 60.7 Å². The molecule has 0 aromatic heterocycles. The van der Waals surface area contributed by atoms with Crippen molar-refractivity contribution in [3.05, 3.63) is 0 Å². The summed E-state index contributed by atoms with van der Waals surface area (Å²) in [7, 11) is 8.82. The van der Waals surface area contributed by atoms with Crippen LogP contribution in [-0.2, 0) is 23.9 Å². The number of carbonyl (C=O) groups excluding carboxylic acids is 3. The van der Waals surface area contributed by atoms with E-state index in [9.17, 15) is 14.4 Å². The fraction of sp³-hybridized carbons (Fsp3) is 0.912. The molecule has 2 unspecified atom stereocenters. The van der Waals surface area contributed by atoms with Crippen molar-refractivity contribution in [1.82, 2.24) is 20.0 Å². The van der Waals surface area contributed by atoms with Gasteiger partial charge in [-0.3, -0.25) is 19.3 Å². The summed E-state index contributed by atoms with van der Waals surface area (Å²) in [4.78, 5) is 45.4. The molecule has 1 rings (SSSR count). The van der Waals surface area contributed by atoms with Crippen LogP contribution in [0.15, 0.2) is 0 Å². The van der Waals surface area contributed by atoms with Crippen molar-refractivity contribution < 1.29 is 23.9 Å². The van der Waals surface area contributed by atoms with Gasteiger partial charge in [0.1, 0.15) is 0 Å². The van der Waals surface area contributed by atoms with E-state index in [-0.39, 0.29) is 78.1 Å². The highest BCUT2D eigenvalue weighted by Crippen LogP contribution is 2.36. The van der Waals surface area contributed by atoms with Gasteiger partial charge in [0.25, 0.3) is 0 Å². The van der Waals surface area contributed by atoms with Crippen molar-refractivity contribution in [2.45, 2.75) is 132 Å². The van der Waals surface area contributed by atoms with Crippen molar-refractivity contribution in [3.8, 4) is 0 Å². The van der Waals surface area contributed by atoms with Crippen molar-refractivity contribution in [3.63, 3.8) is 0 Å². The van der Waals surface area contributed by atoms with E-state index in [0.29, 0.717) is 6.54 Å². The second-order valence-corrected chi connectivity index (χ2v) is 14.1. The lowest BCUT2D eigenvalue weighted by molar-refractivity contribution is -0.145. The van der Waals surface area contributed by atoms with Gasteiger partial charge < -0.3 is 24.6 Å². The lowest BCUT2D eigenvalue weighted by Gasteiger charge is -2.41. The molecule has 1 aliphatic heterocycles. The van der Waals surface area contributed by atoms with Crippen molar-refractivity contribution >= 4 is 17.7 Å². The zero-order valence-electron chi connectivity index (χ0n) is 30.5. The van der Waals surface area contributed by atoms with Gasteiger partial charge in [-0.25, -0.2) is 0 Å². The Hall–Kier alpha value is -1.71. The number of hydrogen-bond acceptors (Lipinski definition) is 6. The summed E-state index contributed by atoms with van der Waals surface area (Å²) >= 11 is 0. The lowest BCUT2D eigenvalue weighted by Crippen LogP contribution is -2.55. The molecule has 0 aromatic rings. The standard InChI is InChI=1S/C31H60N4O5.C3H8/c1-14-21(4)28(34(11)26(37)19-32-30(38)27(20(2)3)33(9)10)24(39-12)18-25(36)35-17-15-16-23(35)29(40-13)22(5)31(6,7)8;1-3-2/h20-24,27-29H,14-19H2,1-13H3,(H,32,38);3H2,1-2H3/t21-,22+,23-,24+,27?,28?,29+;/m0./s1. The predicted molar refractivity (Wildman–Crippen MR) is 177 cm³/mol. The fourth-order valence-electron chi connectivity index (χ4n) is 6.19. The highest BCUT2D eigenvalue weighted by Gasteiger charge is 2.42. The molecule has 1 fully saturated rings. The highest BCUT2D eigenvalue weighted by atomic mass is 16.5. The Morgan fingerprint density at radius 3 is 1.95 bits per heavy atom. The quantitative estimate of drug-likeness (QED) is 0.278. The zero-order valence-corrected chi connectivity index (χ0v) is 30.5. The molecule has 1 N–H and O–H groups in total.